The molecule has 0 saturated heterocycles. The van der Waals surface area contributed by atoms with Crippen molar-refractivity contribution >= 4 is 21.4 Å². The first-order valence-electron chi connectivity index (χ1n) is 4.30. The van der Waals surface area contributed by atoms with Gasteiger partial charge in [0, 0.05) is 16.8 Å². The highest BCUT2D eigenvalue weighted by molar-refractivity contribution is 7.88. The summed E-state index contributed by atoms with van der Waals surface area (Å²) in [4.78, 5) is 1.19. The van der Waals surface area contributed by atoms with E-state index in [1.807, 2.05) is 31.4 Å². The molecule has 5 heteroatoms. The predicted octanol–water partition coefficient (Wildman–Crippen LogP) is 1.57. The summed E-state index contributed by atoms with van der Waals surface area (Å²) >= 11 is 1.65. The third kappa shape index (κ3) is 3.40. The van der Waals surface area contributed by atoms with Gasteiger partial charge in [0.15, 0.2) is 0 Å². The van der Waals surface area contributed by atoms with Crippen molar-refractivity contribution in [1.29, 1.82) is 0 Å². The maximum Gasteiger partial charge on any atom is 0.208 e. The molecule has 1 heterocycles. The molecule has 0 aliphatic heterocycles. The summed E-state index contributed by atoms with van der Waals surface area (Å²) in [6, 6.07) is 4.00. The normalized spacial score (nSPS) is 13.1. The van der Waals surface area contributed by atoms with Crippen LogP contribution in [-0.2, 0) is 15.4 Å². The predicted molar refractivity (Wildman–Crippen MR) is 60.2 cm³/mol. The van der Waals surface area contributed by atoms with Crippen molar-refractivity contribution < 1.29 is 8.42 Å². The number of nitrogens with one attached hydrogen (secondary N) is 1. The molecule has 0 unspecified atom stereocenters. The minimum atomic E-state index is -3.09. The van der Waals surface area contributed by atoms with Crippen molar-refractivity contribution in [1.82, 2.24) is 4.72 Å². The molecule has 0 bridgehead atoms. The van der Waals surface area contributed by atoms with Crippen molar-refractivity contribution in [3.63, 3.8) is 0 Å². The fourth-order valence-corrected chi connectivity index (χ4v) is 2.54. The Kier molecular flexibility index (Phi) is 3.34. The van der Waals surface area contributed by atoms with Crippen LogP contribution in [0.5, 0.6) is 0 Å². The van der Waals surface area contributed by atoms with Crippen LogP contribution >= 0.6 is 11.3 Å². The number of sulfonamides is 1. The third-order valence-corrected chi connectivity index (χ3v) is 3.87. The molecule has 1 N–H and O–H groups in total. The van der Waals surface area contributed by atoms with Gasteiger partial charge in [-0.2, -0.15) is 0 Å². The Morgan fingerprint density at radius 2 is 2.14 bits per heavy atom. The monoisotopic (exact) mass is 233 g/mol. The lowest BCUT2D eigenvalue weighted by Crippen LogP contribution is -2.35. The fourth-order valence-electron chi connectivity index (χ4n) is 1.06. The number of rotatable bonds is 4. The quantitative estimate of drug-likeness (QED) is 0.858. The molecule has 0 radical (unpaired) electrons. The van der Waals surface area contributed by atoms with Crippen LogP contribution in [0.3, 0.4) is 0 Å². The van der Waals surface area contributed by atoms with Crippen LogP contribution in [0.4, 0.5) is 0 Å². The highest BCUT2D eigenvalue weighted by Gasteiger charge is 2.22. The zero-order valence-corrected chi connectivity index (χ0v) is 10.2. The van der Waals surface area contributed by atoms with Crippen molar-refractivity contribution in [3.05, 3.63) is 22.4 Å². The average Bonchev–Trinajstić information content (AvgIpc) is 2.52. The molecule has 0 amide bonds. The van der Waals surface area contributed by atoms with Crippen LogP contribution in [0, 0.1) is 0 Å². The summed E-state index contributed by atoms with van der Waals surface area (Å²) in [6.07, 6.45) is 1.18. The molecule has 1 aromatic heterocycles. The molecular formula is C9H15NO2S2. The smallest absolute Gasteiger partial charge is 0.208 e. The number of hydrogen-bond acceptors (Lipinski definition) is 3. The van der Waals surface area contributed by atoms with Crippen LogP contribution < -0.4 is 4.72 Å². The van der Waals surface area contributed by atoms with Gasteiger partial charge in [0.2, 0.25) is 10.0 Å². The molecule has 0 saturated carbocycles. The largest absolute Gasteiger partial charge is 0.215 e. The molecule has 1 aromatic rings. The van der Waals surface area contributed by atoms with Crippen molar-refractivity contribution in [3.8, 4) is 0 Å². The van der Waals surface area contributed by atoms with Crippen LogP contribution in [0.2, 0.25) is 0 Å². The van der Waals surface area contributed by atoms with Gasteiger partial charge < -0.3 is 0 Å². The number of hydrogen-bond donors (Lipinski definition) is 1. The second kappa shape index (κ2) is 4.00. The first-order chi connectivity index (χ1) is 6.31. The highest BCUT2D eigenvalue weighted by Crippen LogP contribution is 2.26. The van der Waals surface area contributed by atoms with E-state index in [9.17, 15) is 8.42 Å². The van der Waals surface area contributed by atoms with E-state index in [1.54, 1.807) is 11.3 Å². The Labute approximate surface area is 89.2 Å². The molecule has 3 nitrogen and oxygen atoms in total. The van der Waals surface area contributed by atoms with E-state index in [2.05, 4.69) is 4.72 Å². The molecule has 0 fully saturated rings. The summed E-state index contributed by atoms with van der Waals surface area (Å²) in [7, 11) is -3.09. The zero-order valence-electron chi connectivity index (χ0n) is 8.57. The summed E-state index contributed by atoms with van der Waals surface area (Å²) in [6.45, 7) is 4.49. The van der Waals surface area contributed by atoms with Gasteiger partial charge in [-0.05, 0) is 11.4 Å². The Balaban J connectivity index is 2.69. The Bertz CT molecular complexity index is 379. The van der Waals surface area contributed by atoms with Crippen molar-refractivity contribution in [2.24, 2.45) is 0 Å². The van der Waals surface area contributed by atoms with Gasteiger partial charge in [0.1, 0.15) is 0 Å². The van der Waals surface area contributed by atoms with Gasteiger partial charge in [0.25, 0.3) is 0 Å². The van der Waals surface area contributed by atoms with Gasteiger partial charge in [-0.3, -0.25) is 0 Å². The Morgan fingerprint density at radius 3 is 2.57 bits per heavy atom. The molecule has 0 aliphatic rings. The number of thiophene rings is 1. The Hall–Kier alpha value is -0.390. The topological polar surface area (TPSA) is 46.2 Å². The van der Waals surface area contributed by atoms with Crippen LogP contribution in [-0.4, -0.2) is 21.2 Å². The zero-order chi connectivity index (χ0) is 10.8. The van der Waals surface area contributed by atoms with Gasteiger partial charge in [-0.25, -0.2) is 13.1 Å². The first kappa shape index (κ1) is 11.7. The van der Waals surface area contributed by atoms with E-state index < -0.39 is 10.0 Å². The molecule has 80 valence electrons. The summed E-state index contributed by atoms with van der Waals surface area (Å²) in [5, 5.41) is 2.00. The molecule has 0 spiro atoms. The van der Waals surface area contributed by atoms with E-state index in [-0.39, 0.29) is 5.41 Å². The minimum absolute atomic E-state index is 0.142. The molecule has 0 aliphatic carbocycles. The molecule has 1 rings (SSSR count). The fraction of sp³-hybridized carbons (Fsp3) is 0.556. The van der Waals surface area contributed by atoms with Gasteiger partial charge in [-0.15, -0.1) is 11.3 Å². The molecule has 0 aromatic carbocycles. The maximum absolute atomic E-state index is 10.9. The molecular weight excluding hydrogens is 218 g/mol. The van der Waals surface area contributed by atoms with Crippen molar-refractivity contribution in [2.75, 3.05) is 12.8 Å². The second-order valence-electron chi connectivity index (χ2n) is 3.95. The average molecular weight is 233 g/mol. The van der Waals surface area contributed by atoms with Crippen LogP contribution in [0.1, 0.15) is 18.7 Å². The molecule has 0 atom stereocenters. The summed E-state index contributed by atoms with van der Waals surface area (Å²) in [5.74, 6) is 0. The Morgan fingerprint density at radius 1 is 1.50 bits per heavy atom. The standard InChI is InChI=1S/C9H15NO2S2/c1-9(2,7-10-14(3,11)12)8-5-4-6-13-8/h4-6,10H,7H2,1-3H3. The van der Waals surface area contributed by atoms with Crippen LogP contribution in [0.15, 0.2) is 17.5 Å². The third-order valence-electron chi connectivity index (χ3n) is 1.96. The second-order valence-corrected chi connectivity index (χ2v) is 6.74. The van der Waals surface area contributed by atoms with Gasteiger partial charge in [0.05, 0.1) is 6.26 Å². The van der Waals surface area contributed by atoms with Gasteiger partial charge >= 0.3 is 0 Å². The van der Waals surface area contributed by atoms with E-state index in [0.29, 0.717) is 6.54 Å². The lowest BCUT2D eigenvalue weighted by molar-refractivity contribution is 0.511. The SMILES string of the molecule is CC(C)(CNS(C)(=O)=O)c1cccs1. The molecule has 14 heavy (non-hydrogen) atoms. The minimum Gasteiger partial charge on any atom is -0.215 e. The summed E-state index contributed by atoms with van der Waals surface area (Å²) < 4.78 is 24.4. The lowest BCUT2D eigenvalue weighted by Gasteiger charge is -2.22. The van der Waals surface area contributed by atoms with Crippen LogP contribution in [0.25, 0.3) is 0 Å². The van der Waals surface area contributed by atoms with E-state index in [1.165, 1.54) is 11.1 Å². The maximum atomic E-state index is 10.9. The van der Waals surface area contributed by atoms with E-state index >= 15 is 0 Å². The van der Waals surface area contributed by atoms with Gasteiger partial charge in [-0.1, -0.05) is 19.9 Å². The van der Waals surface area contributed by atoms with E-state index in [4.69, 9.17) is 0 Å². The van der Waals surface area contributed by atoms with E-state index in [0.717, 1.165) is 0 Å². The highest BCUT2D eigenvalue weighted by atomic mass is 32.2. The van der Waals surface area contributed by atoms with Crippen molar-refractivity contribution in [2.45, 2.75) is 19.3 Å². The summed E-state index contributed by atoms with van der Waals surface area (Å²) in [5.41, 5.74) is -0.142. The lowest BCUT2D eigenvalue weighted by atomic mass is 9.92. The first-order valence-corrected chi connectivity index (χ1v) is 7.07.